The molecule has 0 fully saturated rings. The van der Waals surface area contributed by atoms with E-state index >= 15 is 0 Å². The number of methoxy groups -OCH3 is 1. The molecule has 0 aliphatic rings. The summed E-state index contributed by atoms with van der Waals surface area (Å²) >= 11 is 0. The van der Waals surface area contributed by atoms with Crippen molar-refractivity contribution >= 4 is 11.9 Å². The molecule has 0 aromatic carbocycles. The van der Waals surface area contributed by atoms with Crippen molar-refractivity contribution in [3.63, 3.8) is 0 Å². The molecule has 2 rings (SSSR count). The molecule has 19 heavy (non-hydrogen) atoms. The van der Waals surface area contributed by atoms with E-state index in [1.165, 1.54) is 25.3 Å². The van der Waals surface area contributed by atoms with Gasteiger partial charge in [0.2, 0.25) is 11.5 Å². The first-order chi connectivity index (χ1) is 9.10. The van der Waals surface area contributed by atoms with E-state index < -0.39 is 11.9 Å². The lowest BCUT2D eigenvalue weighted by Gasteiger charge is -1.99. The van der Waals surface area contributed by atoms with Crippen LogP contribution in [0, 0.1) is 6.92 Å². The molecule has 2 aromatic rings. The third-order valence-corrected chi connectivity index (χ3v) is 2.22. The Morgan fingerprint density at radius 3 is 2.68 bits per heavy atom. The molecular weight excluding hydrogens is 254 g/mol. The van der Waals surface area contributed by atoms with Gasteiger partial charge in [0.15, 0.2) is 0 Å². The molecular formula is C12H11NO6. The highest BCUT2D eigenvalue weighted by Gasteiger charge is 2.15. The average molecular weight is 265 g/mol. The van der Waals surface area contributed by atoms with Crippen molar-refractivity contribution in [3.05, 3.63) is 41.2 Å². The van der Waals surface area contributed by atoms with Crippen LogP contribution in [0.1, 0.15) is 32.6 Å². The summed E-state index contributed by atoms with van der Waals surface area (Å²) in [7, 11) is 1.25. The third-order valence-electron chi connectivity index (χ3n) is 2.22. The number of furan rings is 1. The topological polar surface area (TPSA) is 91.8 Å². The SMILES string of the molecule is COC(=O)c1ccc(COC(=O)c2cc(C)no2)o1. The lowest BCUT2D eigenvalue weighted by Crippen LogP contribution is -2.03. The van der Waals surface area contributed by atoms with Gasteiger partial charge in [0.25, 0.3) is 0 Å². The summed E-state index contributed by atoms with van der Waals surface area (Å²) in [5.41, 5.74) is 0.581. The van der Waals surface area contributed by atoms with Crippen LogP contribution in [0.3, 0.4) is 0 Å². The lowest BCUT2D eigenvalue weighted by molar-refractivity contribution is 0.0393. The summed E-state index contributed by atoms with van der Waals surface area (Å²) in [5, 5.41) is 3.57. The van der Waals surface area contributed by atoms with Gasteiger partial charge in [0.05, 0.1) is 12.8 Å². The molecule has 100 valence electrons. The predicted octanol–water partition coefficient (Wildman–Crippen LogP) is 1.72. The molecule has 0 atom stereocenters. The maximum Gasteiger partial charge on any atom is 0.377 e. The zero-order valence-corrected chi connectivity index (χ0v) is 10.3. The van der Waals surface area contributed by atoms with E-state index in [1.54, 1.807) is 6.92 Å². The van der Waals surface area contributed by atoms with E-state index in [4.69, 9.17) is 13.7 Å². The monoisotopic (exact) mass is 265 g/mol. The van der Waals surface area contributed by atoms with E-state index in [0.29, 0.717) is 11.5 Å². The molecule has 7 heteroatoms. The van der Waals surface area contributed by atoms with E-state index in [9.17, 15) is 9.59 Å². The number of carbonyl (C=O) groups is 2. The van der Waals surface area contributed by atoms with Crippen LogP contribution in [0.15, 0.2) is 27.1 Å². The Morgan fingerprint density at radius 1 is 1.26 bits per heavy atom. The van der Waals surface area contributed by atoms with Gasteiger partial charge in [-0.05, 0) is 19.1 Å². The number of hydrogen-bond acceptors (Lipinski definition) is 7. The molecule has 0 bridgehead atoms. The second-order valence-corrected chi connectivity index (χ2v) is 3.67. The van der Waals surface area contributed by atoms with Crippen molar-refractivity contribution in [2.75, 3.05) is 7.11 Å². The number of esters is 2. The lowest BCUT2D eigenvalue weighted by atomic mass is 10.4. The molecule has 0 radical (unpaired) electrons. The number of aryl methyl sites for hydroxylation is 1. The van der Waals surface area contributed by atoms with Crippen LogP contribution in [0.25, 0.3) is 0 Å². The quantitative estimate of drug-likeness (QED) is 0.777. The molecule has 0 aliphatic carbocycles. The number of rotatable bonds is 4. The van der Waals surface area contributed by atoms with Gasteiger partial charge in [-0.2, -0.15) is 0 Å². The standard InChI is InChI=1S/C12H11NO6/c1-7-5-10(19-13-7)12(15)17-6-8-3-4-9(18-8)11(14)16-2/h3-5H,6H2,1-2H3. The van der Waals surface area contributed by atoms with Gasteiger partial charge in [-0.3, -0.25) is 0 Å². The minimum absolute atomic E-state index is 0.0113. The molecule has 0 amide bonds. The average Bonchev–Trinajstić information content (AvgIpc) is 3.04. The Hall–Kier alpha value is -2.57. The highest BCUT2D eigenvalue weighted by molar-refractivity contribution is 5.86. The van der Waals surface area contributed by atoms with Crippen molar-refractivity contribution in [2.45, 2.75) is 13.5 Å². The van der Waals surface area contributed by atoms with Crippen molar-refractivity contribution < 1.29 is 28.0 Å². The Labute approximate surface area is 108 Å². The number of hydrogen-bond donors (Lipinski definition) is 0. The van der Waals surface area contributed by atoms with Crippen LogP contribution < -0.4 is 0 Å². The molecule has 0 saturated carbocycles. The third kappa shape index (κ3) is 3.01. The number of aromatic nitrogens is 1. The normalized spacial score (nSPS) is 10.2. The highest BCUT2D eigenvalue weighted by Crippen LogP contribution is 2.12. The summed E-state index contributed by atoms with van der Waals surface area (Å²) in [6.07, 6.45) is 0. The summed E-state index contributed by atoms with van der Waals surface area (Å²) in [6.45, 7) is 1.57. The maximum absolute atomic E-state index is 11.5. The van der Waals surface area contributed by atoms with E-state index in [-0.39, 0.29) is 18.1 Å². The van der Waals surface area contributed by atoms with Crippen LogP contribution in [0.4, 0.5) is 0 Å². The minimum Gasteiger partial charge on any atom is -0.463 e. The first kappa shape index (κ1) is 12.9. The van der Waals surface area contributed by atoms with E-state index in [2.05, 4.69) is 9.89 Å². The second kappa shape index (κ2) is 5.38. The molecule has 0 spiro atoms. The molecule has 2 heterocycles. The van der Waals surface area contributed by atoms with Crippen LogP contribution in [0.5, 0.6) is 0 Å². The summed E-state index contributed by atoms with van der Waals surface area (Å²) in [5.74, 6) is -0.869. The molecule has 0 aliphatic heterocycles. The highest BCUT2D eigenvalue weighted by atomic mass is 16.6. The first-order valence-corrected chi connectivity index (χ1v) is 5.37. The van der Waals surface area contributed by atoms with Gasteiger partial charge in [-0.25, -0.2) is 9.59 Å². The fraction of sp³-hybridized carbons (Fsp3) is 0.250. The number of nitrogens with zero attached hydrogens (tertiary/aromatic N) is 1. The fourth-order valence-electron chi connectivity index (χ4n) is 1.33. The zero-order valence-electron chi connectivity index (χ0n) is 10.3. The van der Waals surface area contributed by atoms with Crippen LogP contribution >= 0.6 is 0 Å². The van der Waals surface area contributed by atoms with Crippen molar-refractivity contribution in [3.8, 4) is 0 Å². The number of ether oxygens (including phenoxy) is 2. The second-order valence-electron chi connectivity index (χ2n) is 3.67. The molecule has 7 nitrogen and oxygen atoms in total. The molecule has 0 unspecified atom stereocenters. The van der Waals surface area contributed by atoms with Crippen molar-refractivity contribution in [2.24, 2.45) is 0 Å². The van der Waals surface area contributed by atoms with Gasteiger partial charge < -0.3 is 18.4 Å². The van der Waals surface area contributed by atoms with E-state index in [1.807, 2.05) is 0 Å². The Kier molecular flexibility index (Phi) is 3.65. The van der Waals surface area contributed by atoms with Crippen molar-refractivity contribution in [1.82, 2.24) is 5.16 Å². The Bertz CT molecular complexity index is 597. The minimum atomic E-state index is -0.656. The van der Waals surface area contributed by atoms with Crippen LogP contribution in [-0.4, -0.2) is 24.2 Å². The van der Waals surface area contributed by atoms with Crippen molar-refractivity contribution in [1.29, 1.82) is 0 Å². The summed E-state index contributed by atoms with van der Waals surface area (Å²) in [6, 6.07) is 4.42. The molecule has 2 aromatic heterocycles. The number of carbonyl (C=O) groups excluding carboxylic acids is 2. The van der Waals surface area contributed by atoms with Crippen LogP contribution in [0.2, 0.25) is 0 Å². The van der Waals surface area contributed by atoms with E-state index in [0.717, 1.165) is 0 Å². The maximum atomic E-state index is 11.5. The smallest absolute Gasteiger partial charge is 0.377 e. The first-order valence-electron chi connectivity index (χ1n) is 5.37. The summed E-state index contributed by atoms with van der Waals surface area (Å²) < 4.78 is 19.3. The van der Waals surface area contributed by atoms with Gasteiger partial charge in [-0.1, -0.05) is 5.16 Å². The Balaban J connectivity index is 1.93. The van der Waals surface area contributed by atoms with Gasteiger partial charge >= 0.3 is 11.9 Å². The fourth-order valence-corrected chi connectivity index (χ4v) is 1.33. The largest absolute Gasteiger partial charge is 0.463 e. The zero-order chi connectivity index (χ0) is 13.8. The predicted molar refractivity (Wildman–Crippen MR) is 60.4 cm³/mol. The molecule has 0 N–H and O–H groups in total. The van der Waals surface area contributed by atoms with Crippen LogP contribution in [-0.2, 0) is 16.1 Å². The Morgan fingerprint density at radius 2 is 2.05 bits per heavy atom. The molecule has 0 saturated heterocycles. The summed E-state index contributed by atoms with van der Waals surface area (Å²) in [4.78, 5) is 22.7. The van der Waals surface area contributed by atoms with Gasteiger partial charge in [-0.15, -0.1) is 0 Å². The van der Waals surface area contributed by atoms with Gasteiger partial charge in [0, 0.05) is 6.07 Å². The van der Waals surface area contributed by atoms with Gasteiger partial charge in [0.1, 0.15) is 12.4 Å².